The van der Waals surface area contributed by atoms with Gasteiger partial charge in [-0.25, -0.2) is 0 Å². The highest BCUT2D eigenvalue weighted by Crippen LogP contribution is 2.22. The van der Waals surface area contributed by atoms with Crippen molar-refractivity contribution in [2.45, 2.75) is 12.8 Å². The van der Waals surface area contributed by atoms with E-state index in [2.05, 4.69) is 15.6 Å². The number of anilines is 1. The summed E-state index contributed by atoms with van der Waals surface area (Å²) in [6, 6.07) is 17.0. The molecule has 2 amide bonds. The number of ether oxygens (including phenoxy) is 1. The van der Waals surface area contributed by atoms with Gasteiger partial charge in [0.25, 0.3) is 5.91 Å². The summed E-state index contributed by atoms with van der Waals surface area (Å²) in [5, 5.41) is 15.7. The molecule has 0 aliphatic heterocycles. The van der Waals surface area contributed by atoms with Crippen LogP contribution >= 0.6 is 11.6 Å². The number of benzene rings is 2. The molecule has 0 aliphatic carbocycles. The van der Waals surface area contributed by atoms with Crippen molar-refractivity contribution in [3.63, 3.8) is 0 Å². The normalized spacial score (nSPS) is 10.4. The molecule has 0 saturated carbocycles. The average molecular weight is 440 g/mol. The highest BCUT2D eigenvalue weighted by molar-refractivity contribution is 6.30. The monoisotopic (exact) mass is 439 g/mol. The zero-order valence-electron chi connectivity index (χ0n) is 16.7. The minimum atomic E-state index is -0.354. The van der Waals surface area contributed by atoms with E-state index >= 15 is 0 Å². The first-order valence-electron chi connectivity index (χ1n) is 9.70. The van der Waals surface area contributed by atoms with Crippen LogP contribution < -0.4 is 15.4 Å². The number of pyridine rings is 1. The van der Waals surface area contributed by atoms with E-state index < -0.39 is 0 Å². The Morgan fingerprint density at radius 1 is 1.06 bits per heavy atom. The maximum Gasteiger partial charge on any atom is 0.269 e. The molecular formula is C23H22ClN3O4. The van der Waals surface area contributed by atoms with Gasteiger partial charge in [0.15, 0.2) is 0 Å². The molecule has 2 aromatic carbocycles. The highest BCUT2D eigenvalue weighted by Gasteiger charge is 2.11. The first kappa shape index (κ1) is 22.1. The molecule has 1 aromatic heterocycles. The van der Waals surface area contributed by atoms with E-state index in [1.807, 2.05) is 30.3 Å². The summed E-state index contributed by atoms with van der Waals surface area (Å²) < 4.78 is 5.58. The number of phenolic OH excluding ortho intramolecular Hbond substituents is 1. The van der Waals surface area contributed by atoms with E-state index in [-0.39, 0.29) is 29.7 Å². The Morgan fingerprint density at radius 2 is 1.87 bits per heavy atom. The van der Waals surface area contributed by atoms with E-state index in [4.69, 9.17) is 16.3 Å². The predicted molar refractivity (Wildman–Crippen MR) is 119 cm³/mol. The van der Waals surface area contributed by atoms with Crippen LogP contribution in [0.2, 0.25) is 5.02 Å². The lowest BCUT2D eigenvalue weighted by molar-refractivity contribution is -0.115. The Morgan fingerprint density at radius 3 is 2.68 bits per heavy atom. The third-order valence-corrected chi connectivity index (χ3v) is 4.52. The highest BCUT2D eigenvalue weighted by atomic mass is 35.5. The fraction of sp³-hybridized carbons (Fsp3) is 0.174. The number of para-hydroxylation sites is 1. The molecule has 7 nitrogen and oxygen atoms in total. The van der Waals surface area contributed by atoms with Gasteiger partial charge in [-0.05, 0) is 48.9 Å². The molecule has 0 atom stereocenters. The molecule has 0 unspecified atom stereocenters. The van der Waals surface area contributed by atoms with Crippen LogP contribution in [0.1, 0.15) is 22.5 Å². The Kier molecular flexibility index (Phi) is 7.84. The van der Waals surface area contributed by atoms with Gasteiger partial charge in [0.2, 0.25) is 5.91 Å². The lowest BCUT2D eigenvalue weighted by Gasteiger charge is -2.09. The maximum atomic E-state index is 12.3. The third kappa shape index (κ3) is 7.01. The lowest BCUT2D eigenvalue weighted by atomic mass is 10.1. The van der Waals surface area contributed by atoms with Gasteiger partial charge < -0.3 is 20.5 Å². The van der Waals surface area contributed by atoms with Crippen molar-refractivity contribution in [1.82, 2.24) is 10.3 Å². The smallest absolute Gasteiger partial charge is 0.269 e. The second-order valence-electron chi connectivity index (χ2n) is 6.70. The largest absolute Gasteiger partial charge is 0.508 e. The number of carbonyl (C=O) groups is 2. The molecule has 0 bridgehead atoms. The number of hydrogen-bond donors (Lipinski definition) is 3. The predicted octanol–water partition coefficient (Wildman–Crippen LogP) is 3.82. The number of halogens is 1. The lowest BCUT2D eigenvalue weighted by Crippen LogP contribution is -2.26. The number of amides is 2. The fourth-order valence-electron chi connectivity index (χ4n) is 2.78. The van der Waals surface area contributed by atoms with Crippen molar-refractivity contribution in [3.05, 3.63) is 83.1 Å². The van der Waals surface area contributed by atoms with Crippen LogP contribution in [0.5, 0.6) is 11.5 Å². The van der Waals surface area contributed by atoms with Crippen LogP contribution in [-0.2, 0) is 11.2 Å². The number of rotatable bonds is 9. The number of nitrogens with zero attached hydrogens (tertiary/aromatic N) is 1. The van der Waals surface area contributed by atoms with Crippen LogP contribution in [0.4, 0.5) is 5.69 Å². The van der Waals surface area contributed by atoms with Crippen LogP contribution in [-0.4, -0.2) is 35.1 Å². The maximum absolute atomic E-state index is 12.3. The van der Waals surface area contributed by atoms with Crippen LogP contribution in [0.3, 0.4) is 0 Å². The topological polar surface area (TPSA) is 101 Å². The molecular weight excluding hydrogens is 418 g/mol. The van der Waals surface area contributed by atoms with Crippen molar-refractivity contribution in [3.8, 4) is 11.5 Å². The SMILES string of the molecule is O=C(Cc1cc(Cl)ccc1O)Nc1ccnc(C(=O)NCCCOc2ccccc2)c1. The summed E-state index contributed by atoms with van der Waals surface area (Å²) in [6.45, 7) is 0.905. The molecule has 31 heavy (non-hydrogen) atoms. The average Bonchev–Trinajstić information content (AvgIpc) is 2.77. The molecule has 8 heteroatoms. The van der Waals surface area contributed by atoms with E-state index in [1.165, 1.54) is 24.4 Å². The van der Waals surface area contributed by atoms with Gasteiger partial charge in [-0.1, -0.05) is 29.8 Å². The molecule has 0 radical (unpaired) electrons. The quantitative estimate of drug-likeness (QED) is 0.440. The third-order valence-electron chi connectivity index (χ3n) is 4.29. The van der Waals surface area contributed by atoms with Gasteiger partial charge in [0.1, 0.15) is 17.2 Å². The number of carbonyl (C=O) groups excluding carboxylic acids is 2. The number of nitrogens with one attached hydrogen (secondary N) is 2. The molecule has 0 fully saturated rings. The van der Waals surface area contributed by atoms with Crippen molar-refractivity contribution < 1.29 is 19.4 Å². The van der Waals surface area contributed by atoms with Crippen LogP contribution in [0.15, 0.2) is 66.9 Å². The molecule has 3 rings (SSSR count). The van der Waals surface area contributed by atoms with Crippen LogP contribution in [0, 0.1) is 0 Å². The van der Waals surface area contributed by atoms with E-state index in [1.54, 1.807) is 12.1 Å². The van der Waals surface area contributed by atoms with Crippen LogP contribution in [0.25, 0.3) is 0 Å². The number of phenols is 1. The van der Waals surface area contributed by atoms with Gasteiger partial charge in [-0.2, -0.15) is 0 Å². The summed E-state index contributed by atoms with van der Waals surface area (Å²) in [4.78, 5) is 28.7. The first-order chi connectivity index (χ1) is 15.0. The second kappa shape index (κ2) is 11.0. The first-order valence-corrected chi connectivity index (χ1v) is 10.1. The Balaban J connectivity index is 1.46. The van der Waals surface area contributed by atoms with Crippen molar-refractivity contribution >= 4 is 29.1 Å². The van der Waals surface area contributed by atoms with Gasteiger partial charge in [0, 0.05) is 29.0 Å². The van der Waals surface area contributed by atoms with Crippen molar-refractivity contribution in [2.24, 2.45) is 0 Å². The van der Waals surface area contributed by atoms with Gasteiger partial charge in [-0.3, -0.25) is 14.6 Å². The molecule has 160 valence electrons. The second-order valence-corrected chi connectivity index (χ2v) is 7.14. The number of aromatic nitrogens is 1. The van der Waals surface area contributed by atoms with Crippen molar-refractivity contribution in [1.29, 1.82) is 0 Å². The van der Waals surface area contributed by atoms with Gasteiger partial charge in [0.05, 0.1) is 13.0 Å². The van der Waals surface area contributed by atoms with E-state index in [0.29, 0.717) is 35.8 Å². The van der Waals surface area contributed by atoms with E-state index in [9.17, 15) is 14.7 Å². The zero-order valence-corrected chi connectivity index (χ0v) is 17.4. The number of aromatic hydroxyl groups is 1. The molecule has 0 saturated heterocycles. The minimum absolute atomic E-state index is 0.00871. The Labute approximate surface area is 185 Å². The molecule has 3 aromatic rings. The minimum Gasteiger partial charge on any atom is -0.508 e. The summed E-state index contributed by atoms with van der Waals surface area (Å²) in [5.41, 5.74) is 1.03. The standard InChI is InChI=1S/C23H22ClN3O4/c24-17-7-8-21(28)16(13-17)14-22(29)27-18-9-11-25-20(15-18)23(30)26-10-4-12-31-19-5-2-1-3-6-19/h1-3,5-9,11,13,15,28H,4,10,12,14H2,(H,26,30)(H,25,27,29). The summed E-state index contributed by atoms with van der Waals surface area (Å²) in [6.07, 6.45) is 2.03. The van der Waals surface area contributed by atoms with Gasteiger partial charge >= 0.3 is 0 Å². The summed E-state index contributed by atoms with van der Waals surface area (Å²) in [5.74, 6) is 0.0760. The van der Waals surface area contributed by atoms with E-state index in [0.717, 1.165) is 5.75 Å². The number of hydrogen-bond acceptors (Lipinski definition) is 5. The molecule has 0 aliphatic rings. The van der Waals surface area contributed by atoms with Crippen molar-refractivity contribution in [2.75, 3.05) is 18.5 Å². The summed E-state index contributed by atoms with van der Waals surface area (Å²) >= 11 is 5.91. The fourth-order valence-corrected chi connectivity index (χ4v) is 2.97. The Bertz CT molecular complexity index is 1040. The van der Waals surface area contributed by atoms with Gasteiger partial charge in [-0.15, -0.1) is 0 Å². The molecule has 0 spiro atoms. The Hall–Kier alpha value is -3.58. The molecule has 1 heterocycles. The zero-order chi connectivity index (χ0) is 22.1. The molecule has 3 N–H and O–H groups in total. The summed E-state index contributed by atoms with van der Waals surface area (Å²) in [7, 11) is 0.